The first-order valence-electron chi connectivity index (χ1n) is 3.27. The molecular weight excluding hydrogens is 159 g/mol. The number of hydrogen-bond acceptors (Lipinski definition) is 3. The van der Waals surface area contributed by atoms with Crippen LogP contribution in [0.5, 0.6) is 0 Å². The molecule has 1 aromatic rings. The van der Waals surface area contributed by atoms with E-state index < -0.39 is 7.12 Å². The number of hydrogen-bond donors (Lipinski definition) is 3. The van der Waals surface area contributed by atoms with Crippen molar-refractivity contribution in [2.75, 3.05) is 0 Å². The molecular formula is C7H9BO2S. The molecule has 0 aromatic heterocycles. The molecule has 11 heavy (non-hydrogen) atoms. The highest BCUT2D eigenvalue weighted by atomic mass is 32.1. The molecule has 0 bridgehead atoms. The van der Waals surface area contributed by atoms with Crippen LogP contribution in [0.15, 0.2) is 23.1 Å². The summed E-state index contributed by atoms with van der Waals surface area (Å²) in [6.45, 7) is 1.87. The lowest BCUT2D eigenvalue weighted by Gasteiger charge is -2.05. The summed E-state index contributed by atoms with van der Waals surface area (Å²) in [7, 11) is -1.43. The SMILES string of the molecule is Cc1cccc(B(O)O)c1S. The number of aryl methyl sites for hydroxylation is 1. The van der Waals surface area contributed by atoms with Crippen molar-refractivity contribution in [1.29, 1.82) is 0 Å². The van der Waals surface area contributed by atoms with Gasteiger partial charge < -0.3 is 10.0 Å². The quantitative estimate of drug-likeness (QED) is 0.407. The van der Waals surface area contributed by atoms with Gasteiger partial charge in [0, 0.05) is 4.90 Å². The fraction of sp³-hybridized carbons (Fsp3) is 0.143. The number of rotatable bonds is 1. The van der Waals surface area contributed by atoms with Crippen LogP contribution in [0, 0.1) is 6.92 Å². The molecule has 58 valence electrons. The van der Waals surface area contributed by atoms with Crippen LogP contribution < -0.4 is 5.46 Å². The van der Waals surface area contributed by atoms with Crippen molar-refractivity contribution in [2.45, 2.75) is 11.8 Å². The fourth-order valence-electron chi connectivity index (χ4n) is 0.890. The molecule has 2 nitrogen and oxygen atoms in total. The lowest BCUT2D eigenvalue weighted by molar-refractivity contribution is 0.425. The third-order valence-electron chi connectivity index (χ3n) is 1.55. The summed E-state index contributed by atoms with van der Waals surface area (Å²) in [5, 5.41) is 17.7. The maximum absolute atomic E-state index is 8.84. The molecule has 0 saturated carbocycles. The molecule has 0 amide bonds. The molecule has 0 atom stereocenters. The van der Waals surface area contributed by atoms with Gasteiger partial charge in [0.05, 0.1) is 0 Å². The molecule has 1 aromatic carbocycles. The van der Waals surface area contributed by atoms with Gasteiger partial charge in [0.1, 0.15) is 0 Å². The largest absolute Gasteiger partial charge is 0.489 e. The molecule has 0 unspecified atom stereocenters. The summed E-state index contributed by atoms with van der Waals surface area (Å²) in [6, 6.07) is 5.28. The van der Waals surface area contributed by atoms with Crippen molar-refractivity contribution in [1.82, 2.24) is 0 Å². The highest BCUT2D eigenvalue weighted by molar-refractivity contribution is 7.80. The van der Waals surface area contributed by atoms with Gasteiger partial charge in [-0.05, 0) is 17.9 Å². The Morgan fingerprint density at radius 2 is 2.00 bits per heavy atom. The van der Waals surface area contributed by atoms with Gasteiger partial charge >= 0.3 is 7.12 Å². The number of thiol groups is 1. The van der Waals surface area contributed by atoms with E-state index in [-0.39, 0.29) is 0 Å². The van der Waals surface area contributed by atoms with Crippen LogP contribution in [0.4, 0.5) is 0 Å². The van der Waals surface area contributed by atoms with E-state index in [4.69, 9.17) is 10.0 Å². The maximum Gasteiger partial charge on any atom is 0.489 e. The monoisotopic (exact) mass is 168 g/mol. The van der Waals surface area contributed by atoms with Crippen LogP contribution in [-0.2, 0) is 0 Å². The van der Waals surface area contributed by atoms with E-state index >= 15 is 0 Å². The molecule has 0 saturated heterocycles. The molecule has 0 fully saturated rings. The fourth-order valence-corrected chi connectivity index (χ4v) is 1.15. The Balaban J connectivity index is 3.17. The minimum Gasteiger partial charge on any atom is -0.423 e. The van der Waals surface area contributed by atoms with Gasteiger partial charge in [0.25, 0.3) is 0 Å². The Labute approximate surface area is 71.4 Å². The van der Waals surface area contributed by atoms with Gasteiger partial charge in [-0.2, -0.15) is 0 Å². The average Bonchev–Trinajstić information content (AvgIpc) is 1.94. The van der Waals surface area contributed by atoms with Crippen molar-refractivity contribution in [3.63, 3.8) is 0 Å². The lowest BCUT2D eigenvalue weighted by Crippen LogP contribution is -2.31. The Kier molecular flexibility index (Phi) is 2.60. The topological polar surface area (TPSA) is 40.5 Å². The van der Waals surface area contributed by atoms with Crippen LogP contribution in [-0.4, -0.2) is 17.2 Å². The van der Waals surface area contributed by atoms with E-state index in [1.807, 2.05) is 13.0 Å². The molecule has 0 spiro atoms. The standard InChI is InChI=1S/C7H9BO2S/c1-5-3-2-4-6(7(5)11)8(9)10/h2-4,9-11H,1H3. The predicted molar refractivity (Wildman–Crippen MR) is 48.3 cm³/mol. The van der Waals surface area contributed by atoms with Gasteiger partial charge in [0.15, 0.2) is 0 Å². The third kappa shape index (κ3) is 1.77. The average molecular weight is 168 g/mol. The van der Waals surface area contributed by atoms with Gasteiger partial charge in [-0.3, -0.25) is 0 Å². The van der Waals surface area contributed by atoms with Crippen molar-refractivity contribution >= 4 is 25.2 Å². The zero-order valence-electron chi connectivity index (χ0n) is 6.15. The molecule has 0 aliphatic rings. The summed E-state index contributed by atoms with van der Waals surface area (Å²) in [6.07, 6.45) is 0. The van der Waals surface area contributed by atoms with E-state index in [0.29, 0.717) is 10.4 Å². The molecule has 2 N–H and O–H groups in total. The molecule has 4 heteroatoms. The first kappa shape index (κ1) is 8.65. The van der Waals surface area contributed by atoms with E-state index in [1.54, 1.807) is 12.1 Å². The minimum atomic E-state index is -1.43. The summed E-state index contributed by atoms with van der Waals surface area (Å²) in [4.78, 5) is 0.641. The van der Waals surface area contributed by atoms with Gasteiger partial charge in [0.2, 0.25) is 0 Å². The van der Waals surface area contributed by atoms with Gasteiger partial charge in [-0.15, -0.1) is 12.6 Å². The Bertz CT molecular complexity index is 263. The first-order valence-corrected chi connectivity index (χ1v) is 3.72. The smallest absolute Gasteiger partial charge is 0.423 e. The van der Waals surface area contributed by atoms with Crippen molar-refractivity contribution < 1.29 is 10.0 Å². The summed E-state index contributed by atoms with van der Waals surface area (Å²) in [5.74, 6) is 0. The molecule has 0 heterocycles. The summed E-state index contributed by atoms with van der Waals surface area (Å²) in [5.41, 5.74) is 1.40. The van der Waals surface area contributed by atoms with Crippen LogP contribution in [0.1, 0.15) is 5.56 Å². The number of benzene rings is 1. The van der Waals surface area contributed by atoms with Crippen molar-refractivity contribution in [3.05, 3.63) is 23.8 Å². The normalized spacial score (nSPS) is 9.82. The van der Waals surface area contributed by atoms with E-state index in [9.17, 15) is 0 Å². The molecule has 0 aliphatic heterocycles. The zero-order valence-corrected chi connectivity index (χ0v) is 7.05. The maximum atomic E-state index is 8.84. The summed E-state index contributed by atoms with van der Waals surface area (Å²) < 4.78 is 0. The van der Waals surface area contributed by atoms with E-state index in [1.165, 1.54) is 0 Å². The van der Waals surface area contributed by atoms with Crippen molar-refractivity contribution in [3.8, 4) is 0 Å². The minimum absolute atomic E-state index is 0.452. The summed E-state index contributed by atoms with van der Waals surface area (Å²) >= 11 is 4.13. The van der Waals surface area contributed by atoms with Crippen LogP contribution in [0.3, 0.4) is 0 Å². The molecule has 0 aliphatic carbocycles. The molecule has 0 radical (unpaired) electrons. The van der Waals surface area contributed by atoms with E-state index in [2.05, 4.69) is 12.6 Å². The molecule has 1 rings (SSSR count). The van der Waals surface area contributed by atoms with Crippen LogP contribution in [0.25, 0.3) is 0 Å². The van der Waals surface area contributed by atoms with Crippen molar-refractivity contribution in [2.24, 2.45) is 0 Å². The first-order chi connectivity index (χ1) is 5.13. The predicted octanol–water partition coefficient (Wildman–Crippen LogP) is -0.0365. The Hall–Kier alpha value is -0.445. The van der Waals surface area contributed by atoms with Crippen LogP contribution >= 0.6 is 12.6 Å². The Morgan fingerprint density at radius 1 is 1.36 bits per heavy atom. The van der Waals surface area contributed by atoms with E-state index in [0.717, 1.165) is 5.56 Å². The van der Waals surface area contributed by atoms with Gasteiger partial charge in [-0.1, -0.05) is 18.2 Å². The second-order valence-electron chi connectivity index (χ2n) is 2.39. The highest BCUT2D eigenvalue weighted by Crippen LogP contribution is 2.08. The Morgan fingerprint density at radius 3 is 2.45 bits per heavy atom. The third-order valence-corrected chi connectivity index (χ3v) is 2.16. The zero-order chi connectivity index (χ0) is 8.43. The second kappa shape index (κ2) is 3.30. The highest BCUT2D eigenvalue weighted by Gasteiger charge is 2.14. The van der Waals surface area contributed by atoms with Gasteiger partial charge in [-0.25, -0.2) is 0 Å². The van der Waals surface area contributed by atoms with Crippen LogP contribution in [0.2, 0.25) is 0 Å². The lowest BCUT2D eigenvalue weighted by atomic mass is 9.79. The second-order valence-corrected chi connectivity index (χ2v) is 2.83.